The van der Waals surface area contributed by atoms with E-state index in [1.807, 2.05) is 48.9 Å². The predicted octanol–water partition coefficient (Wildman–Crippen LogP) is 3.43. The normalized spacial score (nSPS) is 12.8. The molecule has 0 saturated carbocycles. The van der Waals surface area contributed by atoms with Gasteiger partial charge >= 0.3 is 0 Å². The Hall–Kier alpha value is -2.81. The van der Waals surface area contributed by atoms with Gasteiger partial charge in [-0.25, -0.2) is 14.6 Å². The Morgan fingerprint density at radius 3 is 2.63 bits per heavy atom. The monoisotopic (exact) mass is 425 g/mol. The number of aliphatic hydroxyl groups excluding tert-OH is 1. The van der Waals surface area contributed by atoms with E-state index in [1.165, 1.54) is 0 Å². The number of benzene rings is 1. The lowest BCUT2D eigenvalue weighted by atomic mass is 10.1. The molecule has 1 atom stereocenters. The molecule has 0 aliphatic heterocycles. The molecule has 1 N–H and O–H groups in total. The van der Waals surface area contributed by atoms with Crippen molar-refractivity contribution in [3.63, 3.8) is 0 Å². The van der Waals surface area contributed by atoms with E-state index in [-0.39, 0.29) is 0 Å². The van der Waals surface area contributed by atoms with E-state index in [2.05, 4.69) is 27.1 Å². The molecule has 0 spiro atoms. The zero-order valence-corrected chi connectivity index (χ0v) is 18.2. The van der Waals surface area contributed by atoms with Crippen molar-refractivity contribution in [2.75, 3.05) is 7.05 Å². The summed E-state index contributed by atoms with van der Waals surface area (Å²) in [6, 6.07) is 5.38. The first-order valence-corrected chi connectivity index (χ1v) is 10.1. The van der Waals surface area contributed by atoms with Crippen LogP contribution in [-0.2, 0) is 13.1 Å². The maximum Gasteiger partial charge on any atom is 0.251 e. The van der Waals surface area contributed by atoms with Crippen molar-refractivity contribution in [3.8, 4) is 5.95 Å². The van der Waals surface area contributed by atoms with Crippen LogP contribution in [0.15, 0.2) is 36.8 Å². The topological polar surface area (TPSA) is 84.9 Å². The van der Waals surface area contributed by atoms with Crippen LogP contribution >= 0.6 is 11.6 Å². The van der Waals surface area contributed by atoms with E-state index in [0.717, 1.165) is 23.4 Å². The second-order valence-electron chi connectivity index (χ2n) is 7.39. The summed E-state index contributed by atoms with van der Waals surface area (Å²) in [6.07, 6.45) is 4.47. The first kappa shape index (κ1) is 20.5. The molecule has 0 radical (unpaired) electrons. The molecule has 30 heavy (non-hydrogen) atoms. The van der Waals surface area contributed by atoms with Gasteiger partial charge in [-0.2, -0.15) is 10.2 Å². The fourth-order valence-electron chi connectivity index (χ4n) is 3.46. The summed E-state index contributed by atoms with van der Waals surface area (Å²) in [5, 5.41) is 21.2. The number of fused-ring (bicyclic) bond motifs is 1. The van der Waals surface area contributed by atoms with Gasteiger partial charge in [-0.05, 0) is 51.6 Å². The van der Waals surface area contributed by atoms with Crippen LogP contribution in [0.25, 0.3) is 16.9 Å². The Kier molecular flexibility index (Phi) is 5.55. The van der Waals surface area contributed by atoms with E-state index >= 15 is 0 Å². The van der Waals surface area contributed by atoms with Gasteiger partial charge in [0.15, 0.2) is 6.23 Å². The molecule has 9 heteroatoms. The van der Waals surface area contributed by atoms with Crippen LogP contribution in [0.4, 0.5) is 0 Å². The first-order chi connectivity index (χ1) is 14.4. The highest BCUT2D eigenvalue weighted by molar-refractivity contribution is 6.31. The van der Waals surface area contributed by atoms with Crippen LogP contribution in [0.3, 0.4) is 0 Å². The van der Waals surface area contributed by atoms with E-state index in [0.29, 0.717) is 34.1 Å². The largest absolute Gasteiger partial charge is 0.372 e. The third-order valence-electron chi connectivity index (χ3n) is 5.18. The maximum atomic E-state index is 11.2. The zero-order chi connectivity index (χ0) is 21.4. The lowest BCUT2D eigenvalue weighted by Gasteiger charge is -2.24. The summed E-state index contributed by atoms with van der Waals surface area (Å²) >= 11 is 6.22. The number of aliphatic hydroxyl groups is 1. The highest BCUT2D eigenvalue weighted by Gasteiger charge is 2.22. The van der Waals surface area contributed by atoms with Gasteiger partial charge in [-0.3, -0.25) is 9.58 Å². The molecule has 0 aliphatic rings. The molecule has 3 aromatic heterocycles. The minimum absolute atomic E-state index is 0.398. The van der Waals surface area contributed by atoms with Crippen molar-refractivity contribution >= 4 is 22.5 Å². The molecule has 0 aliphatic carbocycles. The van der Waals surface area contributed by atoms with Gasteiger partial charge in [0.25, 0.3) is 5.95 Å². The van der Waals surface area contributed by atoms with Crippen molar-refractivity contribution in [2.24, 2.45) is 0 Å². The van der Waals surface area contributed by atoms with Crippen LogP contribution in [0.2, 0.25) is 5.02 Å². The number of nitrogens with zero attached hydrogens (tertiary/aromatic N) is 7. The zero-order valence-electron chi connectivity index (χ0n) is 17.4. The second kappa shape index (κ2) is 8.14. The van der Waals surface area contributed by atoms with Crippen molar-refractivity contribution in [1.29, 1.82) is 0 Å². The van der Waals surface area contributed by atoms with Crippen LogP contribution in [0.1, 0.15) is 35.7 Å². The number of aryl methyl sites for hydroxylation is 2. The summed E-state index contributed by atoms with van der Waals surface area (Å²) in [6.45, 7) is 7.36. The number of hydrogen-bond acceptors (Lipinski definition) is 6. The highest BCUT2D eigenvalue weighted by atomic mass is 35.5. The van der Waals surface area contributed by atoms with Crippen molar-refractivity contribution < 1.29 is 5.11 Å². The third-order valence-corrected chi connectivity index (χ3v) is 5.41. The Balaban J connectivity index is 1.75. The SMILES string of the molecule is CCn1ncc(CN(C)C(O)c2nc(-n3cc(C)cn3)nc3ccc(Cl)cc23)c1C. The van der Waals surface area contributed by atoms with Gasteiger partial charge in [0, 0.05) is 41.0 Å². The Labute approximate surface area is 179 Å². The summed E-state index contributed by atoms with van der Waals surface area (Å²) in [5.74, 6) is 0.398. The summed E-state index contributed by atoms with van der Waals surface area (Å²) in [5.41, 5.74) is 4.30. The molecule has 1 aromatic carbocycles. The van der Waals surface area contributed by atoms with Gasteiger partial charge in [0.05, 0.1) is 23.6 Å². The van der Waals surface area contributed by atoms with Crippen molar-refractivity contribution in [3.05, 3.63) is 64.3 Å². The molecular formula is C21H24ClN7O. The van der Waals surface area contributed by atoms with Gasteiger partial charge in [0.2, 0.25) is 0 Å². The summed E-state index contributed by atoms with van der Waals surface area (Å²) in [7, 11) is 1.85. The third kappa shape index (κ3) is 3.81. The van der Waals surface area contributed by atoms with E-state index in [9.17, 15) is 5.11 Å². The fraction of sp³-hybridized carbons (Fsp3) is 0.333. The van der Waals surface area contributed by atoms with E-state index < -0.39 is 6.23 Å². The van der Waals surface area contributed by atoms with Crippen molar-refractivity contribution in [1.82, 2.24) is 34.4 Å². The number of rotatable bonds is 6. The standard InChI is InChI=1S/C21H24ClN7O/c1-5-28-14(3)15(10-24-28)12-27(4)20(30)19-17-8-16(22)6-7-18(17)25-21(26-19)29-11-13(2)9-23-29/h6-11,20,30H,5,12H2,1-4H3. The van der Waals surface area contributed by atoms with Gasteiger partial charge < -0.3 is 5.11 Å². The Morgan fingerprint density at radius 2 is 1.97 bits per heavy atom. The van der Waals surface area contributed by atoms with E-state index in [1.54, 1.807) is 23.0 Å². The van der Waals surface area contributed by atoms with E-state index in [4.69, 9.17) is 11.6 Å². The van der Waals surface area contributed by atoms with Gasteiger partial charge in [-0.15, -0.1) is 0 Å². The van der Waals surface area contributed by atoms with Crippen LogP contribution < -0.4 is 0 Å². The minimum Gasteiger partial charge on any atom is -0.372 e. The second-order valence-corrected chi connectivity index (χ2v) is 7.83. The summed E-state index contributed by atoms with van der Waals surface area (Å²) in [4.78, 5) is 11.1. The molecule has 0 amide bonds. The van der Waals surface area contributed by atoms with Gasteiger partial charge in [0.1, 0.15) is 0 Å². The minimum atomic E-state index is -0.964. The molecular weight excluding hydrogens is 402 g/mol. The average molecular weight is 426 g/mol. The average Bonchev–Trinajstić information content (AvgIpc) is 3.32. The highest BCUT2D eigenvalue weighted by Crippen LogP contribution is 2.28. The Bertz CT molecular complexity index is 1200. The van der Waals surface area contributed by atoms with Crippen LogP contribution in [0.5, 0.6) is 0 Å². The number of hydrogen-bond donors (Lipinski definition) is 1. The van der Waals surface area contributed by atoms with Crippen LogP contribution in [0, 0.1) is 13.8 Å². The molecule has 3 heterocycles. The molecule has 4 rings (SSSR count). The summed E-state index contributed by atoms with van der Waals surface area (Å²) < 4.78 is 3.54. The maximum absolute atomic E-state index is 11.2. The van der Waals surface area contributed by atoms with Gasteiger partial charge in [-0.1, -0.05) is 11.6 Å². The smallest absolute Gasteiger partial charge is 0.251 e. The fourth-order valence-corrected chi connectivity index (χ4v) is 3.63. The molecule has 0 saturated heterocycles. The molecule has 0 bridgehead atoms. The Morgan fingerprint density at radius 1 is 1.17 bits per heavy atom. The van der Waals surface area contributed by atoms with Crippen LogP contribution in [-0.4, -0.2) is 46.6 Å². The lowest BCUT2D eigenvalue weighted by Crippen LogP contribution is -2.26. The molecule has 1 unspecified atom stereocenters. The molecule has 156 valence electrons. The quantitative estimate of drug-likeness (QED) is 0.476. The van der Waals surface area contributed by atoms with Crippen molar-refractivity contribution in [2.45, 2.75) is 40.1 Å². The predicted molar refractivity (Wildman–Crippen MR) is 115 cm³/mol. The number of aromatic nitrogens is 6. The molecule has 4 aromatic rings. The molecule has 8 nitrogen and oxygen atoms in total. The first-order valence-electron chi connectivity index (χ1n) is 9.75. The number of halogens is 1. The molecule has 0 fully saturated rings. The lowest BCUT2D eigenvalue weighted by molar-refractivity contribution is 0.0128.